The molecule has 0 heterocycles. The highest BCUT2D eigenvalue weighted by Gasteiger charge is 2.03. The van der Waals surface area contributed by atoms with E-state index in [9.17, 15) is 9.18 Å². The van der Waals surface area contributed by atoms with E-state index in [2.05, 4.69) is 5.32 Å². The first-order valence-electron chi connectivity index (χ1n) is 6.53. The number of aliphatic hydroxyl groups is 1. The van der Waals surface area contributed by atoms with Gasteiger partial charge in [0, 0.05) is 11.8 Å². The van der Waals surface area contributed by atoms with Crippen molar-refractivity contribution in [2.24, 2.45) is 0 Å². The Balaban J connectivity index is 2.06. The van der Waals surface area contributed by atoms with Crippen molar-refractivity contribution < 1.29 is 14.3 Å². The van der Waals surface area contributed by atoms with E-state index in [1.807, 2.05) is 13.0 Å². The van der Waals surface area contributed by atoms with Crippen LogP contribution in [-0.2, 0) is 11.4 Å². The average molecular weight is 285 g/mol. The maximum absolute atomic E-state index is 12.8. The predicted molar refractivity (Wildman–Crippen MR) is 81.2 cm³/mol. The molecule has 0 radical (unpaired) electrons. The fourth-order valence-corrected chi connectivity index (χ4v) is 1.82. The Bertz CT molecular complexity index is 663. The molecule has 0 saturated carbocycles. The summed E-state index contributed by atoms with van der Waals surface area (Å²) in [5.74, 6) is -0.592. The molecule has 3 nitrogen and oxygen atoms in total. The van der Waals surface area contributed by atoms with Gasteiger partial charge in [-0.05, 0) is 47.9 Å². The van der Waals surface area contributed by atoms with Crippen LogP contribution in [0.15, 0.2) is 48.5 Å². The number of aliphatic hydroxyl groups excluding tert-OH is 1. The molecule has 0 bridgehead atoms. The minimum atomic E-state index is -0.312. The van der Waals surface area contributed by atoms with E-state index in [0.29, 0.717) is 5.69 Å². The summed E-state index contributed by atoms with van der Waals surface area (Å²) in [6, 6.07) is 11.2. The molecule has 0 atom stereocenters. The second kappa shape index (κ2) is 6.81. The Morgan fingerprint density at radius 3 is 2.62 bits per heavy atom. The van der Waals surface area contributed by atoms with E-state index in [1.54, 1.807) is 30.3 Å². The van der Waals surface area contributed by atoms with Crippen LogP contribution in [0.5, 0.6) is 0 Å². The van der Waals surface area contributed by atoms with Gasteiger partial charge in [-0.2, -0.15) is 0 Å². The number of hydrogen-bond acceptors (Lipinski definition) is 2. The minimum absolute atomic E-state index is 0.0748. The second-order valence-electron chi connectivity index (χ2n) is 4.68. The van der Waals surface area contributed by atoms with Crippen molar-refractivity contribution in [3.05, 3.63) is 71.0 Å². The van der Waals surface area contributed by atoms with Gasteiger partial charge in [-0.15, -0.1) is 0 Å². The maximum atomic E-state index is 12.8. The van der Waals surface area contributed by atoms with Crippen LogP contribution in [-0.4, -0.2) is 11.0 Å². The molecule has 0 spiro atoms. The maximum Gasteiger partial charge on any atom is 0.248 e. The van der Waals surface area contributed by atoms with Gasteiger partial charge in [-0.25, -0.2) is 4.39 Å². The summed E-state index contributed by atoms with van der Waals surface area (Å²) >= 11 is 0. The van der Waals surface area contributed by atoms with E-state index in [1.165, 1.54) is 18.2 Å². The molecule has 2 aromatic carbocycles. The first kappa shape index (κ1) is 14.9. The monoisotopic (exact) mass is 285 g/mol. The van der Waals surface area contributed by atoms with Crippen molar-refractivity contribution in [1.82, 2.24) is 0 Å². The summed E-state index contributed by atoms with van der Waals surface area (Å²) in [6.45, 7) is 1.80. The van der Waals surface area contributed by atoms with Crippen LogP contribution in [0.2, 0.25) is 0 Å². The smallest absolute Gasteiger partial charge is 0.248 e. The SMILES string of the molecule is Cc1ccc(CO)cc1NC(=O)/C=C/c1ccc(F)cc1. The third-order valence-electron chi connectivity index (χ3n) is 3.04. The lowest BCUT2D eigenvalue weighted by Crippen LogP contribution is -2.09. The number of halogens is 1. The van der Waals surface area contributed by atoms with Crippen LogP contribution < -0.4 is 5.32 Å². The number of nitrogens with one attached hydrogen (secondary N) is 1. The van der Waals surface area contributed by atoms with E-state index in [-0.39, 0.29) is 18.3 Å². The highest BCUT2D eigenvalue weighted by atomic mass is 19.1. The van der Waals surface area contributed by atoms with Crippen LogP contribution in [0.25, 0.3) is 6.08 Å². The molecule has 2 aromatic rings. The fourth-order valence-electron chi connectivity index (χ4n) is 1.82. The summed E-state index contributed by atoms with van der Waals surface area (Å²) in [6.07, 6.45) is 3.00. The molecule has 0 fully saturated rings. The Morgan fingerprint density at radius 2 is 1.95 bits per heavy atom. The highest BCUT2D eigenvalue weighted by Crippen LogP contribution is 2.17. The number of carbonyl (C=O) groups is 1. The van der Waals surface area contributed by atoms with E-state index in [4.69, 9.17) is 5.11 Å². The first-order valence-corrected chi connectivity index (χ1v) is 6.53. The molecule has 1 amide bonds. The molecular weight excluding hydrogens is 269 g/mol. The Morgan fingerprint density at radius 1 is 1.24 bits per heavy atom. The van der Waals surface area contributed by atoms with Gasteiger partial charge in [0.05, 0.1) is 6.61 Å². The van der Waals surface area contributed by atoms with Gasteiger partial charge < -0.3 is 10.4 Å². The molecule has 0 aliphatic rings. The topological polar surface area (TPSA) is 49.3 Å². The quantitative estimate of drug-likeness (QED) is 0.847. The zero-order chi connectivity index (χ0) is 15.2. The average Bonchev–Trinajstić information content (AvgIpc) is 2.49. The van der Waals surface area contributed by atoms with Crippen molar-refractivity contribution in [1.29, 1.82) is 0 Å². The van der Waals surface area contributed by atoms with Gasteiger partial charge in [-0.3, -0.25) is 4.79 Å². The Kier molecular flexibility index (Phi) is 4.85. The summed E-state index contributed by atoms with van der Waals surface area (Å²) < 4.78 is 12.8. The lowest BCUT2D eigenvalue weighted by molar-refractivity contribution is -0.111. The summed E-state index contributed by atoms with van der Waals surface area (Å²) in [5.41, 5.74) is 3.05. The second-order valence-corrected chi connectivity index (χ2v) is 4.68. The summed E-state index contributed by atoms with van der Waals surface area (Å²) in [4.78, 5) is 11.9. The number of aryl methyl sites for hydroxylation is 1. The zero-order valence-electron chi connectivity index (χ0n) is 11.6. The molecular formula is C17H16FNO2. The predicted octanol–water partition coefficient (Wildman–Crippen LogP) is 3.28. The lowest BCUT2D eigenvalue weighted by Gasteiger charge is -2.08. The number of hydrogen-bond donors (Lipinski definition) is 2. The van der Waals surface area contributed by atoms with Crippen LogP contribution in [0.3, 0.4) is 0 Å². The van der Waals surface area contributed by atoms with Crippen LogP contribution >= 0.6 is 0 Å². The molecule has 21 heavy (non-hydrogen) atoms. The molecule has 0 aliphatic heterocycles. The minimum Gasteiger partial charge on any atom is -0.392 e. The van der Waals surface area contributed by atoms with Gasteiger partial charge in [0.2, 0.25) is 5.91 Å². The van der Waals surface area contributed by atoms with Gasteiger partial charge in [-0.1, -0.05) is 24.3 Å². The fraction of sp³-hybridized carbons (Fsp3) is 0.118. The molecule has 2 N–H and O–H groups in total. The highest BCUT2D eigenvalue weighted by molar-refractivity contribution is 6.02. The van der Waals surface area contributed by atoms with Gasteiger partial charge in [0.25, 0.3) is 0 Å². The molecule has 4 heteroatoms. The van der Waals surface area contributed by atoms with Crippen molar-refractivity contribution in [3.8, 4) is 0 Å². The number of carbonyl (C=O) groups excluding carboxylic acids is 1. The van der Waals surface area contributed by atoms with Gasteiger partial charge in [0.15, 0.2) is 0 Å². The van der Waals surface area contributed by atoms with Gasteiger partial charge >= 0.3 is 0 Å². The van der Waals surface area contributed by atoms with Crippen molar-refractivity contribution in [2.75, 3.05) is 5.32 Å². The molecule has 0 unspecified atom stereocenters. The Hall–Kier alpha value is -2.46. The molecule has 108 valence electrons. The van der Waals surface area contributed by atoms with E-state index >= 15 is 0 Å². The molecule has 2 rings (SSSR count). The molecule has 0 aliphatic carbocycles. The standard InChI is InChI=1S/C17H16FNO2/c1-12-2-3-14(11-20)10-16(12)19-17(21)9-6-13-4-7-15(18)8-5-13/h2-10,20H,11H2,1H3,(H,19,21)/b9-6+. The molecule has 0 aromatic heterocycles. The third-order valence-corrected chi connectivity index (χ3v) is 3.04. The number of anilines is 1. The summed E-state index contributed by atoms with van der Waals surface area (Å²) in [5, 5.41) is 11.9. The van der Waals surface area contributed by atoms with Crippen LogP contribution in [0.4, 0.5) is 10.1 Å². The summed E-state index contributed by atoms with van der Waals surface area (Å²) in [7, 11) is 0. The number of benzene rings is 2. The van der Waals surface area contributed by atoms with Crippen molar-refractivity contribution in [3.63, 3.8) is 0 Å². The van der Waals surface area contributed by atoms with Crippen molar-refractivity contribution in [2.45, 2.75) is 13.5 Å². The van der Waals surface area contributed by atoms with E-state index in [0.717, 1.165) is 16.7 Å². The van der Waals surface area contributed by atoms with Crippen molar-refractivity contribution >= 4 is 17.7 Å². The number of rotatable bonds is 4. The van der Waals surface area contributed by atoms with Gasteiger partial charge in [0.1, 0.15) is 5.82 Å². The van der Waals surface area contributed by atoms with Crippen LogP contribution in [0.1, 0.15) is 16.7 Å². The zero-order valence-corrected chi connectivity index (χ0v) is 11.6. The lowest BCUT2D eigenvalue weighted by atomic mass is 10.1. The normalized spacial score (nSPS) is 10.8. The molecule has 0 saturated heterocycles. The van der Waals surface area contributed by atoms with Crippen LogP contribution in [0, 0.1) is 12.7 Å². The Labute approximate surface area is 122 Å². The largest absolute Gasteiger partial charge is 0.392 e. The third kappa shape index (κ3) is 4.26. The number of amides is 1. The first-order chi connectivity index (χ1) is 10.1. The van der Waals surface area contributed by atoms with E-state index < -0.39 is 0 Å².